The van der Waals surface area contributed by atoms with Crippen LogP contribution in [0.4, 0.5) is 5.82 Å². The van der Waals surface area contributed by atoms with E-state index in [1.165, 1.54) is 0 Å². The Bertz CT molecular complexity index is 499. The minimum Gasteiger partial charge on any atom is -0.481 e. The third kappa shape index (κ3) is 2.06. The standard InChI is InChI=1S/C11H10ClN3O/c1-16-10-3-2-7(5-14-10)8-4-9(12)11(13)15-6-8/h2-6H,1H3,(H2,13,15). The Hall–Kier alpha value is -1.81. The van der Waals surface area contributed by atoms with Crippen molar-refractivity contribution < 1.29 is 4.74 Å². The average Bonchev–Trinajstić information content (AvgIpc) is 2.33. The fraction of sp³-hybridized carbons (Fsp3) is 0.0909. The van der Waals surface area contributed by atoms with Crippen LogP contribution >= 0.6 is 11.6 Å². The molecular weight excluding hydrogens is 226 g/mol. The average molecular weight is 236 g/mol. The molecule has 0 saturated heterocycles. The van der Waals surface area contributed by atoms with E-state index < -0.39 is 0 Å². The molecular formula is C11H10ClN3O. The number of halogens is 1. The number of nitrogens with two attached hydrogens (primary N) is 1. The first-order chi connectivity index (χ1) is 7.70. The fourth-order valence-electron chi connectivity index (χ4n) is 1.28. The van der Waals surface area contributed by atoms with Crippen molar-refractivity contribution in [3.8, 4) is 17.0 Å². The molecule has 5 heteroatoms. The number of rotatable bonds is 2. The Morgan fingerprint density at radius 2 is 1.94 bits per heavy atom. The molecule has 0 bridgehead atoms. The van der Waals surface area contributed by atoms with Gasteiger partial charge in [0.15, 0.2) is 0 Å². The number of nitrogens with zero attached hydrogens (tertiary/aromatic N) is 2. The molecule has 16 heavy (non-hydrogen) atoms. The number of pyridine rings is 2. The van der Waals surface area contributed by atoms with Crippen LogP contribution in [0.5, 0.6) is 5.88 Å². The van der Waals surface area contributed by atoms with E-state index in [0.717, 1.165) is 11.1 Å². The van der Waals surface area contributed by atoms with E-state index in [9.17, 15) is 0 Å². The quantitative estimate of drug-likeness (QED) is 0.868. The van der Waals surface area contributed by atoms with Crippen LogP contribution in [-0.2, 0) is 0 Å². The van der Waals surface area contributed by atoms with Gasteiger partial charge in [0.2, 0.25) is 5.88 Å². The number of ether oxygens (including phenoxy) is 1. The van der Waals surface area contributed by atoms with Crippen LogP contribution in [-0.4, -0.2) is 17.1 Å². The maximum absolute atomic E-state index is 5.89. The SMILES string of the molecule is COc1ccc(-c2cnc(N)c(Cl)c2)cn1. The first kappa shape index (κ1) is 10.7. The lowest BCUT2D eigenvalue weighted by molar-refractivity contribution is 0.398. The molecule has 2 rings (SSSR count). The zero-order chi connectivity index (χ0) is 11.5. The Labute approximate surface area is 98.0 Å². The van der Waals surface area contributed by atoms with E-state index in [1.807, 2.05) is 6.07 Å². The van der Waals surface area contributed by atoms with E-state index in [1.54, 1.807) is 31.6 Å². The van der Waals surface area contributed by atoms with Crippen LogP contribution in [0.1, 0.15) is 0 Å². The third-order valence-corrected chi connectivity index (χ3v) is 2.45. The van der Waals surface area contributed by atoms with Crippen molar-refractivity contribution >= 4 is 17.4 Å². The number of methoxy groups -OCH3 is 1. The van der Waals surface area contributed by atoms with Gasteiger partial charge in [-0.15, -0.1) is 0 Å². The predicted molar refractivity (Wildman–Crippen MR) is 63.4 cm³/mol. The molecule has 0 aliphatic carbocycles. The van der Waals surface area contributed by atoms with Gasteiger partial charge in [0.25, 0.3) is 0 Å². The molecule has 4 nitrogen and oxygen atoms in total. The van der Waals surface area contributed by atoms with E-state index in [2.05, 4.69) is 9.97 Å². The molecule has 0 aliphatic heterocycles. The van der Waals surface area contributed by atoms with Crippen molar-refractivity contribution in [1.82, 2.24) is 9.97 Å². The van der Waals surface area contributed by atoms with Crippen LogP contribution in [0.15, 0.2) is 30.6 Å². The summed E-state index contributed by atoms with van der Waals surface area (Å²) in [5.74, 6) is 0.894. The van der Waals surface area contributed by atoms with E-state index >= 15 is 0 Å². The number of nitrogen functional groups attached to an aromatic ring is 1. The molecule has 82 valence electrons. The van der Waals surface area contributed by atoms with Crippen molar-refractivity contribution in [2.45, 2.75) is 0 Å². The summed E-state index contributed by atoms with van der Waals surface area (Å²) < 4.78 is 4.98. The minimum atomic E-state index is 0.326. The molecule has 0 spiro atoms. The lowest BCUT2D eigenvalue weighted by atomic mass is 10.1. The number of hydrogen-bond donors (Lipinski definition) is 1. The van der Waals surface area contributed by atoms with Gasteiger partial charge in [-0.1, -0.05) is 11.6 Å². The van der Waals surface area contributed by atoms with Crippen LogP contribution < -0.4 is 10.5 Å². The fourth-order valence-corrected chi connectivity index (χ4v) is 1.44. The molecule has 0 atom stereocenters. The third-order valence-electron chi connectivity index (χ3n) is 2.15. The van der Waals surface area contributed by atoms with Gasteiger partial charge in [-0.3, -0.25) is 0 Å². The minimum absolute atomic E-state index is 0.326. The van der Waals surface area contributed by atoms with Gasteiger partial charge in [0.1, 0.15) is 5.82 Å². The molecule has 2 heterocycles. The van der Waals surface area contributed by atoms with Crippen molar-refractivity contribution in [3.05, 3.63) is 35.6 Å². The van der Waals surface area contributed by atoms with Gasteiger partial charge in [-0.05, 0) is 12.1 Å². The summed E-state index contributed by atoms with van der Waals surface area (Å²) >= 11 is 5.89. The summed E-state index contributed by atoms with van der Waals surface area (Å²) in [6.07, 6.45) is 3.35. The first-order valence-electron chi connectivity index (χ1n) is 4.62. The molecule has 2 aromatic rings. The highest BCUT2D eigenvalue weighted by molar-refractivity contribution is 6.33. The van der Waals surface area contributed by atoms with E-state index in [4.69, 9.17) is 22.1 Å². The van der Waals surface area contributed by atoms with Gasteiger partial charge in [-0.2, -0.15) is 0 Å². The Balaban J connectivity index is 2.38. The molecule has 0 amide bonds. The summed E-state index contributed by atoms with van der Waals surface area (Å²) in [5, 5.41) is 0.438. The van der Waals surface area contributed by atoms with Crippen LogP contribution in [0, 0.1) is 0 Å². The number of aromatic nitrogens is 2. The van der Waals surface area contributed by atoms with Gasteiger partial charge >= 0.3 is 0 Å². The van der Waals surface area contributed by atoms with E-state index in [-0.39, 0.29) is 0 Å². The highest BCUT2D eigenvalue weighted by atomic mass is 35.5. The van der Waals surface area contributed by atoms with Crippen LogP contribution in [0.2, 0.25) is 5.02 Å². The van der Waals surface area contributed by atoms with E-state index in [0.29, 0.717) is 16.7 Å². The van der Waals surface area contributed by atoms with Crippen LogP contribution in [0.3, 0.4) is 0 Å². The maximum Gasteiger partial charge on any atom is 0.212 e. The number of hydrogen-bond acceptors (Lipinski definition) is 4. The smallest absolute Gasteiger partial charge is 0.212 e. The zero-order valence-corrected chi connectivity index (χ0v) is 9.40. The van der Waals surface area contributed by atoms with Crippen molar-refractivity contribution in [1.29, 1.82) is 0 Å². The van der Waals surface area contributed by atoms with Crippen LogP contribution in [0.25, 0.3) is 11.1 Å². The van der Waals surface area contributed by atoms with Gasteiger partial charge in [0, 0.05) is 29.6 Å². The summed E-state index contributed by atoms with van der Waals surface area (Å²) in [7, 11) is 1.57. The first-order valence-corrected chi connectivity index (χ1v) is 5.00. The summed E-state index contributed by atoms with van der Waals surface area (Å²) in [5.41, 5.74) is 7.32. The topological polar surface area (TPSA) is 61.0 Å². The predicted octanol–water partition coefficient (Wildman–Crippen LogP) is 2.39. The second-order valence-corrected chi connectivity index (χ2v) is 3.59. The Morgan fingerprint density at radius 3 is 2.50 bits per heavy atom. The molecule has 0 fully saturated rings. The lowest BCUT2D eigenvalue weighted by Crippen LogP contribution is -1.92. The summed E-state index contributed by atoms with van der Waals surface area (Å²) in [6.45, 7) is 0. The molecule has 0 aliphatic rings. The summed E-state index contributed by atoms with van der Waals surface area (Å²) in [4.78, 5) is 8.09. The van der Waals surface area contributed by atoms with Crippen molar-refractivity contribution in [2.75, 3.05) is 12.8 Å². The maximum atomic E-state index is 5.89. The highest BCUT2D eigenvalue weighted by Crippen LogP contribution is 2.25. The molecule has 2 N–H and O–H groups in total. The highest BCUT2D eigenvalue weighted by Gasteiger charge is 2.03. The molecule has 0 radical (unpaired) electrons. The zero-order valence-electron chi connectivity index (χ0n) is 8.64. The Kier molecular flexibility index (Phi) is 2.92. The second kappa shape index (κ2) is 4.37. The van der Waals surface area contributed by atoms with Crippen molar-refractivity contribution in [2.24, 2.45) is 0 Å². The molecule has 0 saturated carbocycles. The van der Waals surface area contributed by atoms with Crippen molar-refractivity contribution in [3.63, 3.8) is 0 Å². The molecule has 0 aromatic carbocycles. The van der Waals surface area contributed by atoms with Gasteiger partial charge in [0.05, 0.1) is 12.1 Å². The van der Waals surface area contributed by atoms with Gasteiger partial charge < -0.3 is 10.5 Å². The summed E-state index contributed by atoms with van der Waals surface area (Å²) in [6, 6.07) is 5.42. The Morgan fingerprint density at radius 1 is 1.19 bits per heavy atom. The monoisotopic (exact) mass is 235 g/mol. The largest absolute Gasteiger partial charge is 0.481 e. The molecule has 2 aromatic heterocycles. The number of anilines is 1. The normalized spacial score (nSPS) is 10.1. The lowest BCUT2D eigenvalue weighted by Gasteiger charge is -2.04. The second-order valence-electron chi connectivity index (χ2n) is 3.18. The van der Waals surface area contributed by atoms with Gasteiger partial charge in [-0.25, -0.2) is 9.97 Å². The molecule has 0 unspecified atom stereocenters.